The van der Waals surface area contributed by atoms with E-state index in [2.05, 4.69) is 29.4 Å². The molecule has 0 saturated heterocycles. The number of aromatic nitrogens is 2. The van der Waals surface area contributed by atoms with Crippen molar-refractivity contribution in [1.82, 2.24) is 10.2 Å². The lowest BCUT2D eigenvalue weighted by Gasteiger charge is -2.08. The van der Waals surface area contributed by atoms with Gasteiger partial charge in [-0.25, -0.2) is 0 Å². The summed E-state index contributed by atoms with van der Waals surface area (Å²) in [5.74, 6) is 2.07. The monoisotopic (exact) mass is 255 g/mol. The number of anilines is 1. The van der Waals surface area contributed by atoms with Crippen LogP contribution in [0.3, 0.4) is 0 Å². The molecule has 0 aliphatic rings. The molecule has 0 saturated carbocycles. The summed E-state index contributed by atoms with van der Waals surface area (Å²) in [6, 6.07) is 1.91. The largest absolute Gasteiger partial charge is 0.309 e. The number of thioether (sulfide) groups is 1. The molecule has 1 heterocycles. The van der Waals surface area contributed by atoms with Gasteiger partial charge in [0.05, 0.1) is 0 Å². The molecular formula is C12H21N3OS. The van der Waals surface area contributed by atoms with Crippen molar-refractivity contribution in [3.05, 3.63) is 11.8 Å². The number of aromatic amines is 1. The van der Waals surface area contributed by atoms with Crippen molar-refractivity contribution >= 4 is 23.5 Å². The van der Waals surface area contributed by atoms with Crippen LogP contribution in [-0.2, 0) is 11.2 Å². The van der Waals surface area contributed by atoms with Gasteiger partial charge in [-0.1, -0.05) is 20.8 Å². The van der Waals surface area contributed by atoms with Crippen molar-refractivity contribution in [1.29, 1.82) is 0 Å². The van der Waals surface area contributed by atoms with Gasteiger partial charge in [-0.3, -0.25) is 9.89 Å². The number of H-pyrrole nitrogens is 1. The highest BCUT2D eigenvalue weighted by atomic mass is 32.2. The molecule has 0 aromatic carbocycles. The molecule has 0 fully saturated rings. The molecular weight excluding hydrogens is 234 g/mol. The van der Waals surface area contributed by atoms with Crippen molar-refractivity contribution in [3.8, 4) is 0 Å². The molecule has 0 aliphatic heterocycles. The lowest BCUT2D eigenvalue weighted by Crippen LogP contribution is -2.22. The number of amides is 1. The number of carbonyl (C=O) groups excluding carboxylic acids is 1. The fraction of sp³-hybridized carbons (Fsp3) is 0.667. The number of hydrogen-bond acceptors (Lipinski definition) is 3. The van der Waals surface area contributed by atoms with Gasteiger partial charge in [0, 0.05) is 23.4 Å². The summed E-state index contributed by atoms with van der Waals surface area (Å²) < 4.78 is 0. The van der Waals surface area contributed by atoms with Gasteiger partial charge in [-0.15, -0.1) is 0 Å². The summed E-state index contributed by atoms with van der Waals surface area (Å²) in [6.07, 6.45) is 2.95. The van der Waals surface area contributed by atoms with Gasteiger partial charge in [0.15, 0.2) is 5.82 Å². The maximum atomic E-state index is 11.8. The highest BCUT2D eigenvalue weighted by molar-refractivity contribution is 7.98. The Morgan fingerprint density at radius 2 is 2.24 bits per heavy atom. The van der Waals surface area contributed by atoms with Crippen LogP contribution in [0.5, 0.6) is 0 Å². The van der Waals surface area contributed by atoms with E-state index in [-0.39, 0.29) is 11.8 Å². The minimum atomic E-state index is 0.00949. The summed E-state index contributed by atoms with van der Waals surface area (Å²) in [5, 5.41) is 9.86. The Morgan fingerprint density at radius 1 is 1.53 bits per heavy atom. The lowest BCUT2D eigenvalue weighted by atomic mass is 10.1. The van der Waals surface area contributed by atoms with Crippen LogP contribution >= 0.6 is 11.8 Å². The van der Waals surface area contributed by atoms with E-state index in [4.69, 9.17) is 0 Å². The van der Waals surface area contributed by atoms with Crippen molar-refractivity contribution in [3.63, 3.8) is 0 Å². The fourth-order valence-corrected chi connectivity index (χ4v) is 2.20. The topological polar surface area (TPSA) is 57.8 Å². The zero-order valence-corrected chi connectivity index (χ0v) is 11.7. The standard InChI is InChI=1S/C12H21N3OS/c1-8(2)5-10-6-11(15-14-10)13-12(16)9(3)7-17-4/h6,8-9H,5,7H2,1-4H3,(H2,13,14,15,16)/t9-/m1/s1. The van der Waals surface area contributed by atoms with Gasteiger partial charge < -0.3 is 5.32 Å². The van der Waals surface area contributed by atoms with Crippen LogP contribution in [0, 0.1) is 11.8 Å². The third-order valence-corrected chi connectivity index (χ3v) is 3.21. The minimum Gasteiger partial charge on any atom is -0.309 e. The molecule has 1 rings (SSSR count). The van der Waals surface area contributed by atoms with Crippen molar-refractivity contribution < 1.29 is 4.79 Å². The van der Waals surface area contributed by atoms with Crippen molar-refractivity contribution in [2.45, 2.75) is 27.2 Å². The number of rotatable bonds is 6. The first-order valence-electron chi connectivity index (χ1n) is 5.87. The van der Waals surface area contributed by atoms with E-state index in [0.29, 0.717) is 11.7 Å². The Bertz CT molecular complexity index is 362. The molecule has 4 nitrogen and oxygen atoms in total. The van der Waals surface area contributed by atoms with E-state index in [1.54, 1.807) is 11.8 Å². The summed E-state index contributed by atoms with van der Waals surface area (Å²) in [4.78, 5) is 11.8. The smallest absolute Gasteiger partial charge is 0.229 e. The van der Waals surface area contributed by atoms with Gasteiger partial charge in [-0.2, -0.15) is 16.9 Å². The summed E-state index contributed by atoms with van der Waals surface area (Å²) in [6.45, 7) is 6.23. The summed E-state index contributed by atoms with van der Waals surface area (Å²) >= 11 is 1.67. The Labute approximate surface area is 107 Å². The van der Waals surface area contributed by atoms with E-state index < -0.39 is 0 Å². The van der Waals surface area contributed by atoms with Gasteiger partial charge >= 0.3 is 0 Å². The van der Waals surface area contributed by atoms with Crippen LogP contribution in [0.15, 0.2) is 6.07 Å². The lowest BCUT2D eigenvalue weighted by molar-refractivity contribution is -0.118. The zero-order valence-electron chi connectivity index (χ0n) is 10.9. The number of carbonyl (C=O) groups is 1. The molecule has 2 N–H and O–H groups in total. The highest BCUT2D eigenvalue weighted by Gasteiger charge is 2.13. The molecule has 0 spiro atoms. The normalized spacial score (nSPS) is 12.8. The highest BCUT2D eigenvalue weighted by Crippen LogP contribution is 2.12. The molecule has 17 heavy (non-hydrogen) atoms. The van der Waals surface area contributed by atoms with Gasteiger partial charge in [0.2, 0.25) is 5.91 Å². The van der Waals surface area contributed by atoms with Gasteiger partial charge in [-0.05, 0) is 18.6 Å². The van der Waals surface area contributed by atoms with Crippen LogP contribution in [0.25, 0.3) is 0 Å². The van der Waals surface area contributed by atoms with Crippen LogP contribution in [-0.4, -0.2) is 28.1 Å². The number of nitrogens with one attached hydrogen (secondary N) is 2. The Balaban J connectivity index is 2.51. The summed E-state index contributed by atoms with van der Waals surface area (Å²) in [7, 11) is 0. The second kappa shape index (κ2) is 6.69. The van der Waals surface area contributed by atoms with E-state index in [1.165, 1.54) is 0 Å². The molecule has 1 aromatic heterocycles. The second-order valence-corrected chi connectivity index (χ2v) is 5.63. The summed E-state index contributed by atoms with van der Waals surface area (Å²) in [5.41, 5.74) is 1.06. The molecule has 1 atom stereocenters. The molecule has 96 valence electrons. The second-order valence-electron chi connectivity index (χ2n) is 4.72. The molecule has 0 radical (unpaired) electrons. The average molecular weight is 255 g/mol. The third-order valence-electron chi connectivity index (χ3n) is 2.37. The Hall–Kier alpha value is -0.970. The van der Waals surface area contributed by atoms with Crippen LogP contribution in [0.1, 0.15) is 26.5 Å². The number of hydrogen-bond donors (Lipinski definition) is 2. The van der Waals surface area contributed by atoms with E-state index >= 15 is 0 Å². The quantitative estimate of drug-likeness (QED) is 0.821. The maximum absolute atomic E-state index is 11.8. The van der Waals surface area contributed by atoms with Crippen molar-refractivity contribution in [2.75, 3.05) is 17.3 Å². The van der Waals surface area contributed by atoms with Gasteiger partial charge in [0.1, 0.15) is 0 Å². The third kappa shape index (κ3) is 4.81. The van der Waals surface area contributed by atoms with Crippen LogP contribution < -0.4 is 5.32 Å². The first kappa shape index (κ1) is 14.1. The molecule has 0 unspecified atom stereocenters. The Kier molecular flexibility index (Phi) is 5.55. The molecule has 0 bridgehead atoms. The van der Waals surface area contributed by atoms with Crippen LogP contribution in [0.2, 0.25) is 0 Å². The van der Waals surface area contributed by atoms with E-state index in [9.17, 15) is 4.79 Å². The van der Waals surface area contributed by atoms with E-state index in [1.807, 2.05) is 19.2 Å². The molecule has 0 aliphatic carbocycles. The Morgan fingerprint density at radius 3 is 2.82 bits per heavy atom. The minimum absolute atomic E-state index is 0.00949. The first-order valence-corrected chi connectivity index (χ1v) is 7.26. The maximum Gasteiger partial charge on any atom is 0.229 e. The van der Waals surface area contributed by atoms with Crippen molar-refractivity contribution in [2.24, 2.45) is 11.8 Å². The first-order chi connectivity index (χ1) is 8.02. The SMILES string of the molecule is CSC[C@@H](C)C(=O)Nc1cc(CC(C)C)[nH]n1. The molecule has 5 heteroatoms. The molecule has 1 aromatic rings. The molecule has 1 amide bonds. The predicted octanol–water partition coefficient (Wildman–Crippen LogP) is 2.55. The zero-order chi connectivity index (χ0) is 12.8. The van der Waals surface area contributed by atoms with Crippen LogP contribution in [0.4, 0.5) is 5.82 Å². The van der Waals surface area contributed by atoms with Gasteiger partial charge in [0.25, 0.3) is 0 Å². The predicted molar refractivity (Wildman–Crippen MR) is 73.3 cm³/mol. The van der Waals surface area contributed by atoms with E-state index in [0.717, 1.165) is 17.9 Å². The number of nitrogens with zero attached hydrogens (tertiary/aromatic N) is 1. The fourth-order valence-electron chi connectivity index (χ4n) is 1.55. The average Bonchev–Trinajstić information content (AvgIpc) is 2.64.